The predicted octanol–water partition coefficient (Wildman–Crippen LogP) is 4.45. The highest BCUT2D eigenvalue weighted by molar-refractivity contribution is 6.01. The first-order valence-corrected chi connectivity index (χ1v) is 9.42. The van der Waals surface area contributed by atoms with Crippen LogP contribution in [-0.4, -0.2) is 23.3 Å². The average Bonchev–Trinajstić information content (AvgIpc) is 3.05. The third-order valence-corrected chi connectivity index (χ3v) is 4.89. The van der Waals surface area contributed by atoms with Gasteiger partial charge in [-0.25, -0.2) is 0 Å². The minimum atomic E-state index is -0.301. The van der Waals surface area contributed by atoms with Gasteiger partial charge in [0.25, 0.3) is 5.91 Å². The van der Waals surface area contributed by atoms with Crippen molar-refractivity contribution in [1.82, 2.24) is 10.3 Å². The lowest BCUT2D eigenvalue weighted by molar-refractivity contribution is -0.115. The van der Waals surface area contributed by atoms with E-state index >= 15 is 0 Å². The summed E-state index contributed by atoms with van der Waals surface area (Å²) >= 11 is 0. The lowest BCUT2D eigenvalue weighted by Gasteiger charge is -2.18. The molecule has 0 unspecified atom stereocenters. The van der Waals surface area contributed by atoms with E-state index in [0.717, 1.165) is 27.7 Å². The molecule has 0 fully saturated rings. The van der Waals surface area contributed by atoms with E-state index in [1.54, 1.807) is 6.07 Å². The summed E-state index contributed by atoms with van der Waals surface area (Å²) in [6, 6.07) is 13.8. The van der Waals surface area contributed by atoms with Crippen LogP contribution < -0.4 is 10.6 Å². The maximum absolute atomic E-state index is 12.5. The second kappa shape index (κ2) is 7.50. The van der Waals surface area contributed by atoms with E-state index in [4.69, 9.17) is 0 Å². The normalized spacial score (nSPS) is 11.5. The number of fused-ring (bicyclic) bond motifs is 1. The molecule has 0 atom stereocenters. The molecule has 1 aromatic heterocycles. The van der Waals surface area contributed by atoms with Crippen molar-refractivity contribution in [2.45, 2.75) is 40.0 Å². The van der Waals surface area contributed by atoms with Gasteiger partial charge in [-0.1, -0.05) is 51.1 Å². The number of aryl methyl sites for hydroxylation is 2. The van der Waals surface area contributed by atoms with Crippen LogP contribution in [0.4, 0.5) is 5.69 Å². The molecular formula is C23H27N3O2. The summed E-state index contributed by atoms with van der Waals surface area (Å²) in [5.41, 5.74) is 5.37. The lowest BCUT2D eigenvalue weighted by Crippen LogP contribution is -2.33. The van der Waals surface area contributed by atoms with Gasteiger partial charge in [0, 0.05) is 16.6 Å². The summed E-state index contributed by atoms with van der Waals surface area (Å²) in [5.74, 6) is -0.554. The molecule has 28 heavy (non-hydrogen) atoms. The van der Waals surface area contributed by atoms with Crippen LogP contribution in [0.1, 0.15) is 48.0 Å². The fraction of sp³-hybridized carbons (Fsp3) is 0.304. The third-order valence-electron chi connectivity index (χ3n) is 4.89. The number of carbonyl (C=O) groups excluding carboxylic acids is 2. The van der Waals surface area contributed by atoms with Crippen LogP contribution in [0.3, 0.4) is 0 Å². The van der Waals surface area contributed by atoms with Crippen molar-refractivity contribution in [3.63, 3.8) is 0 Å². The van der Waals surface area contributed by atoms with Gasteiger partial charge < -0.3 is 15.6 Å². The number of H-pyrrole nitrogens is 1. The van der Waals surface area contributed by atoms with Crippen molar-refractivity contribution in [3.8, 4) is 0 Å². The van der Waals surface area contributed by atoms with Crippen LogP contribution >= 0.6 is 0 Å². The number of nitrogens with one attached hydrogen (secondary N) is 3. The summed E-state index contributed by atoms with van der Waals surface area (Å²) in [4.78, 5) is 27.9. The molecule has 0 radical (unpaired) electrons. The molecule has 146 valence electrons. The Morgan fingerprint density at radius 1 is 1.00 bits per heavy atom. The molecule has 0 aliphatic carbocycles. The first kappa shape index (κ1) is 19.7. The van der Waals surface area contributed by atoms with Crippen LogP contribution in [0, 0.1) is 13.8 Å². The number of anilines is 1. The van der Waals surface area contributed by atoms with Crippen molar-refractivity contribution in [1.29, 1.82) is 0 Å². The first-order chi connectivity index (χ1) is 13.1. The molecule has 3 N–H and O–H groups in total. The molecule has 0 spiro atoms. The van der Waals surface area contributed by atoms with E-state index in [-0.39, 0.29) is 23.8 Å². The highest BCUT2D eigenvalue weighted by Gasteiger charge is 2.16. The predicted molar refractivity (Wildman–Crippen MR) is 114 cm³/mol. The molecular weight excluding hydrogens is 350 g/mol. The number of para-hydroxylation sites is 1. The molecule has 5 heteroatoms. The second-order valence-corrected chi connectivity index (χ2v) is 8.23. The van der Waals surface area contributed by atoms with E-state index in [1.165, 1.54) is 5.56 Å². The number of hydrogen-bond acceptors (Lipinski definition) is 2. The number of aromatic amines is 1. The Kier molecular flexibility index (Phi) is 5.27. The first-order valence-electron chi connectivity index (χ1n) is 9.42. The quantitative estimate of drug-likeness (QED) is 0.628. The summed E-state index contributed by atoms with van der Waals surface area (Å²) in [6.07, 6.45) is 0. The van der Waals surface area contributed by atoms with Crippen LogP contribution in [0.15, 0.2) is 42.5 Å². The van der Waals surface area contributed by atoms with Gasteiger partial charge in [-0.05, 0) is 48.1 Å². The molecule has 2 amide bonds. The highest BCUT2D eigenvalue weighted by Crippen LogP contribution is 2.26. The number of hydrogen-bond donors (Lipinski definition) is 3. The average molecular weight is 377 g/mol. The van der Waals surface area contributed by atoms with Gasteiger partial charge in [0.05, 0.1) is 6.54 Å². The standard InChI is InChI=1S/C23H27N3O2/c1-14-7-6-8-15(2)21(14)26-20(27)13-24-22(28)19-11-16-9-10-17(23(3,4)5)12-18(16)25-19/h6-12,25H,13H2,1-5H3,(H,24,28)(H,26,27). The van der Waals surface area contributed by atoms with Gasteiger partial charge >= 0.3 is 0 Å². The van der Waals surface area contributed by atoms with Gasteiger partial charge in [0.2, 0.25) is 5.91 Å². The van der Waals surface area contributed by atoms with Crippen molar-refractivity contribution in [3.05, 3.63) is 64.8 Å². The van der Waals surface area contributed by atoms with Gasteiger partial charge in [0.15, 0.2) is 0 Å². The maximum atomic E-state index is 12.5. The maximum Gasteiger partial charge on any atom is 0.268 e. The van der Waals surface area contributed by atoms with Crippen molar-refractivity contribution in [2.75, 3.05) is 11.9 Å². The van der Waals surface area contributed by atoms with Crippen LogP contribution in [0.2, 0.25) is 0 Å². The van der Waals surface area contributed by atoms with Crippen LogP contribution in [0.25, 0.3) is 10.9 Å². The molecule has 3 rings (SSSR count). The molecule has 2 aromatic carbocycles. The molecule has 0 saturated heterocycles. The molecule has 0 aliphatic rings. The van der Waals surface area contributed by atoms with Gasteiger partial charge in [0.1, 0.15) is 5.69 Å². The Labute approximate surface area is 165 Å². The molecule has 0 saturated carbocycles. The summed E-state index contributed by atoms with van der Waals surface area (Å²) < 4.78 is 0. The summed E-state index contributed by atoms with van der Waals surface area (Å²) in [5, 5.41) is 6.52. The molecule has 0 bridgehead atoms. The van der Waals surface area contributed by atoms with E-state index in [1.807, 2.05) is 38.1 Å². The molecule has 5 nitrogen and oxygen atoms in total. The Hall–Kier alpha value is -3.08. The van der Waals surface area contributed by atoms with Gasteiger partial charge in [-0.15, -0.1) is 0 Å². The number of amides is 2. The van der Waals surface area contributed by atoms with E-state index < -0.39 is 0 Å². The molecule has 1 heterocycles. The lowest BCUT2D eigenvalue weighted by atomic mass is 9.87. The minimum absolute atomic E-state index is 0.0352. The second-order valence-electron chi connectivity index (χ2n) is 8.23. The zero-order valence-corrected chi connectivity index (χ0v) is 17.1. The van der Waals surface area contributed by atoms with Crippen molar-refractivity contribution in [2.24, 2.45) is 0 Å². The Balaban J connectivity index is 1.67. The van der Waals surface area contributed by atoms with Crippen molar-refractivity contribution >= 4 is 28.4 Å². The Bertz CT molecular complexity index is 1020. The third kappa shape index (κ3) is 4.25. The minimum Gasteiger partial charge on any atom is -0.351 e. The number of carbonyl (C=O) groups is 2. The largest absolute Gasteiger partial charge is 0.351 e. The fourth-order valence-corrected chi connectivity index (χ4v) is 3.17. The van der Waals surface area contributed by atoms with Gasteiger partial charge in [-0.3, -0.25) is 9.59 Å². The van der Waals surface area contributed by atoms with Crippen LogP contribution in [0.5, 0.6) is 0 Å². The fourth-order valence-electron chi connectivity index (χ4n) is 3.17. The summed E-state index contributed by atoms with van der Waals surface area (Å²) in [7, 11) is 0. The number of rotatable bonds is 4. The molecule has 0 aliphatic heterocycles. The van der Waals surface area contributed by atoms with E-state index in [0.29, 0.717) is 5.69 Å². The van der Waals surface area contributed by atoms with Crippen LogP contribution in [-0.2, 0) is 10.2 Å². The zero-order valence-electron chi connectivity index (χ0n) is 17.1. The Morgan fingerprint density at radius 2 is 1.68 bits per heavy atom. The van der Waals surface area contributed by atoms with E-state index in [9.17, 15) is 9.59 Å². The topological polar surface area (TPSA) is 74.0 Å². The summed E-state index contributed by atoms with van der Waals surface area (Å²) in [6.45, 7) is 10.3. The highest BCUT2D eigenvalue weighted by atomic mass is 16.2. The number of aromatic nitrogens is 1. The van der Waals surface area contributed by atoms with E-state index in [2.05, 4.69) is 48.5 Å². The monoisotopic (exact) mass is 377 g/mol. The molecule has 3 aromatic rings. The van der Waals surface area contributed by atoms with Gasteiger partial charge in [-0.2, -0.15) is 0 Å². The number of benzene rings is 2. The SMILES string of the molecule is Cc1cccc(C)c1NC(=O)CNC(=O)c1cc2ccc(C(C)(C)C)cc2[nH]1. The zero-order chi connectivity index (χ0) is 20.5. The Morgan fingerprint density at radius 3 is 2.32 bits per heavy atom. The smallest absolute Gasteiger partial charge is 0.268 e. The van der Waals surface area contributed by atoms with Crippen molar-refractivity contribution < 1.29 is 9.59 Å².